The highest BCUT2D eigenvalue weighted by Crippen LogP contribution is 2.33. The summed E-state index contributed by atoms with van der Waals surface area (Å²) in [7, 11) is -0.371. The molecule has 1 aliphatic rings. The van der Waals surface area contributed by atoms with Crippen molar-refractivity contribution in [2.45, 2.75) is 30.0 Å². The zero-order chi connectivity index (χ0) is 21.6. The summed E-state index contributed by atoms with van der Waals surface area (Å²) in [6.07, 6.45) is 1.05. The van der Waals surface area contributed by atoms with E-state index in [1.807, 2.05) is 30.7 Å². The summed E-state index contributed by atoms with van der Waals surface area (Å²) in [6.45, 7) is 2.27. The number of carbonyl (C=O) groups is 1. The summed E-state index contributed by atoms with van der Waals surface area (Å²) >= 11 is 8.29. The molecule has 0 radical (unpaired) electrons. The Bertz CT molecular complexity index is 1310. The number of hydrogen-bond acceptors (Lipinski definition) is 6. The van der Waals surface area contributed by atoms with Crippen LogP contribution in [0.4, 0.5) is 0 Å². The van der Waals surface area contributed by atoms with E-state index in [1.54, 1.807) is 13.2 Å². The Morgan fingerprint density at radius 1 is 1.27 bits per heavy atom. The second kappa shape index (κ2) is 8.08. The van der Waals surface area contributed by atoms with Crippen molar-refractivity contribution in [3.63, 3.8) is 0 Å². The summed E-state index contributed by atoms with van der Waals surface area (Å²) in [5.74, 6) is 0.236. The predicted octanol–water partition coefficient (Wildman–Crippen LogP) is 3.55. The molecule has 3 aromatic rings. The van der Waals surface area contributed by atoms with Gasteiger partial charge < -0.3 is 9.30 Å². The molecule has 1 unspecified atom stereocenters. The van der Waals surface area contributed by atoms with E-state index in [0.29, 0.717) is 27.7 Å². The van der Waals surface area contributed by atoms with Crippen LogP contribution in [0.2, 0.25) is 4.34 Å². The van der Waals surface area contributed by atoms with Crippen LogP contribution in [-0.4, -0.2) is 42.9 Å². The fraction of sp³-hybridized carbons (Fsp3) is 0.368. The molecule has 11 heteroatoms. The van der Waals surface area contributed by atoms with Gasteiger partial charge >= 0.3 is 0 Å². The van der Waals surface area contributed by atoms with Gasteiger partial charge in [0.05, 0.1) is 16.1 Å². The summed E-state index contributed by atoms with van der Waals surface area (Å²) in [4.78, 5) is 17.9. The molecule has 0 N–H and O–H groups in total. The summed E-state index contributed by atoms with van der Waals surface area (Å²) < 4.78 is 36.1. The molecule has 0 saturated carbocycles. The van der Waals surface area contributed by atoms with E-state index >= 15 is 0 Å². The average molecular weight is 486 g/mol. The number of aromatic nitrogens is 1. The van der Waals surface area contributed by atoms with Crippen LogP contribution in [0.5, 0.6) is 5.75 Å². The van der Waals surface area contributed by atoms with Gasteiger partial charge in [-0.05, 0) is 43.5 Å². The first-order valence-electron chi connectivity index (χ1n) is 9.23. The number of ether oxygens (including phenoxy) is 1. The number of benzene rings is 1. The predicted molar refractivity (Wildman–Crippen MR) is 119 cm³/mol. The molecule has 4 rings (SSSR count). The Hall–Kier alpha value is -1.72. The third-order valence-corrected chi connectivity index (χ3v) is 10.0. The monoisotopic (exact) mass is 485 g/mol. The van der Waals surface area contributed by atoms with Crippen LogP contribution in [0.3, 0.4) is 0 Å². The van der Waals surface area contributed by atoms with Gasteiger partial charge in [-0.2, -0.15) is 9.30 Å². The first kappa shape index (κ1) is 21.5. The van der Waals surface area contributed by atoms with Crippen LogP contribution in [0, 0.1) is 6.92 Å². The second-order valence-corrected chi connectivity index (χ2v) is 11.8. The van der Waals surface area contributed by atoms with Gasteiger partial charge in [0, 0.05) is 13.6 Å². The van der Waals surface area contributed by atoms with Crippen LogP contribution >= 0.6 is 34.3 Å². The third-order valence-electron chi connectivity index (χ3n) is 5.13. The number of thiazole rings is 1. The van der Waals surface area contributed by atoms with E-state index in [1.165, 1.54) is 21.7 Å². The minimum Gasteiger partial charge on any atom is -0.495 e. The van der Waals surface area contributed by atoms with Crippen LogP contribution in [0.25, 0.3) is 10.2 Å². The number of methoxy groups -OCH3 is 1. The maximum absolute atomic E-state index is 13.0. The quantitative estimate of drug-likeness (QED) is 0.566. The number of amides is 1. The van der Waals surface area contributed by atoms with E-state index in [-0.39, 0.29) is 10.8 Å². The van der Waals surface area contributed by atoms with Crippen molar-refractivity contribution in [3.8, 4) is 5.75 Å². The first-order chi connectivity index (χ1) is 14.2. The third kappa shape index (κ3) is 3.60. The standard InChI is InChI=1S/C19H20ClN3O4S3/c1-11-6-7-13(27-3)16-17(11)29-19(22(16)2)21-18(24)12-5-4-10-23(12)30(25,26)15-9-8-14(20)28-15/h6-9,12H,4-5,10H2,1-3H3. The molecule has 1 saturated heterocycles. The van der Waals surface area contributed by atoms with Crippen LogP contribution < -0.4 is 9.54 Å². The van der Waals surface area contributed by atoms with Gasteiger partial charge in [0.2, 0.25) is 0 Å². The van der Waals surface area contributed by atoms with Crippen LogP contribution in [0.15, 0.2) is 33.5 Å². The normalized spacial score (nSPS) is 18.4. The molecule has 160 valence electrons. The molecule has 7 nitrogen and oxygen atoms in total. The Morgan fingerprint density at radius 3 is 2.70 bits per heavy atom. The molecule has 1 amide bonds. The van der Waals surface area contributed by atoms with Crippen molar-refractivity contribution in [1.82, 2.24) is 8.87 Å². The lowest BCUT2D eigenvalue weighted by Crippen LogP contribution is -2.40. The molecule has 0 bridgehead atoms. The summed E-state index contributed by atoms with van der Waals surface area (Å²) in [6, 6.07) is 6.04. The van der Waals surface area contributed by atoms with Crippen LogP contribution in [-0.2, 0) is 21.9 Å². The van der Waals surface area contributed by atoms with Crippen molar-refractivity contribution in [3.05, 3.63) is 39.0 Å². The Morgan fingerprint density at radius 2 is 2.03 bits per heavy atom. The zero-order valence-corrected chi connectivity index (χ0v) is 19.8. The number of fused-ring (bicyclic) bond motifs is 1. The lowest BCUT2D eigenvalue weighted by atomic mass is 10.2. The van der Waals surface area contributed by atoms with Crippen molar-refractivity contribution in [2.24, 2.45) is 12.0 Å². The van der Waals surface area contributed by atoms with Gasteiger partial charge in [0.25, 0.3) is 15.9 Å². The number of aryl methyl sites for hydroxylation is 2. The van der Waals surface area contributed by atoms with Gasteiger partial charge in [-0.3, -0.25) is 4.79 Å². The molecular weight excluding hydrogens is 466 g/mol. The molecule has 0 aliphatic carbocycles. The minimum atomic E-state index is -3.79. The highest BCUT2D eigenvalue weighted by molar-refractivity contribution is 7.91. The number of sulfonamides is 1. The van der Waals surface area contributed by atoms with E-state index in [4.69, 9.17) is 16.3 Å². The first-order valence-corrected chi connectivity index (χ1v) is 12.7. The van der Waals surface area contributed by atoms with Gasteiger partial charge in [-0.15, -0.1) is 11.3 Å². The minimum absolute atomic E-state index is 0.139. The smallest absolute Gasteiger partial charge is 0.266 e. The Balaban J connectivity index is 1.74. The van der Waals surface area contributed by atoms with Gasteiger partial charge in [-0.25, -0.2) is 8.42 Å². The molecular formula is C19H20ClN3O4S3. The molecule has 1 atom stereocenters. The fourth-order valence-electron chi connectivity index (χ4n) is 3.61. The van der Waals surface area contributed by atoms with E-state index in [2.05, 4.69) is 4.99 Å². The number of hydrogen-bond donors (Lipinski definition) is 0. The maximum atomic E-state index is 13.0. The molecule has 2 aromatic heterocycles. The topological polar surface area (TPSA) is 81.0 Å². The van der Waals surface area contributed by atoms with Gasteiger partial charge in [-0.1, -0.05) is 29.0 Å². The summed E-state index contributed by atoms with van der Waals surface area (Å²) in [5.41, 5.74) is 1.91. The number of carbonyl (C=O) groups excluding carboxylic acids is 1. The number of rotatable bonds is 4. The zero-order valence-electron chi connectivity index (χ0n) is 16.6. The Kier molecular flexibility index (Phi) is 5.80. The molecule has 30 heavy (non-hydrogen) atoms. The van der Waals surface area contributed by atoms with Crippen molar-refractivity contribution < 1.29 is 17.9 Å². The highest BCUT2D eigenvalue weighted by atomic mass is 35.5. The maximum Gasteiger partial charge on any atom is 0.266 e. The molecule has 3 heterocycles. The van der Waals surface area contributed by atoms with E-state index in [9.17, 15) is 13.2 Å². The number of thiophene rings is 1. The van der Waals surface area contributed by atoms with Crippen molar-refractivity contribution in [2.75, 3.05) is 13.7 Å². The second-order valence-electron chi connectivity index (χ2n) is 6.99. The average Bonchev–Trinajstić information content (AvgIpc) is 3.43. The molecule has 1 aliphatic heterocycles. The van der Waals surface area contributed by atoms with Gasteiger partial charge in [0.1, 0.15) is 21.5 Å². The van der Waals surface area contributed by atoms with Gasteiger partial charge in [0.15, 0.2) is 4.80 Å². The fourth-order valence-corrected chi connectivity index (χ4v) is 7.99. The lowest BCUT2D eigenvalue weighted by Gasteiger charge is -2.20. The van der Waals surface area contributed by atoms with E-state index in [0.717, 1.165) is 27.1 Å². The number of nitrogens with zero attached hydrogens (tertiary/aromatic N) is 3. The highest BCUT2D eigenvalue weighted by Gasteiger charge is 2.40. The summed E-state index contributed by atoms with van der Waals surface area (Å²) in [5, 5.41) is 0. The molecule has 1 aromatic carbocycles. The molecule has 1 fully saturated rings. The number of halogens is 1. The van der Waals surface area contributed by atoms with E-state index < -0.39 is 22.0 Å². The molecule has 0 spiro atoms. The SMILES string of the molecule is COc1ccc(C)c2sc(=NC(=O)C3CCCN3S(=O)(=O)c3ccc(Cl)s3)n(C)c12. The van der Waals surface area contributed by atoms with Crippen molar-refractivity contribution in [1.29, 1.82) is 0 Å². The van der Waals surface area contributed by atoms with Crippen molar-refractivity contribution >= 4 is 60.4 Å². The largest absolute Gasteiger partial charge is 0.495 e. The lowest BCUT2D eigenvalue weighted by molar-refractivity contribution is -0.121. The van der Waals surface area contributed by atoms with Crippen LogP contribution in [0.1, 0.15) is 18.4 Å². The Labute approximate surface area is 187 Å².